The van der Waals surface area contributed by atoms with Crippen LogP contribution in [0, 0.1) is 0 Å². The van der Waals surface area contributed by atoms with Crippen molar-refractivity contribution in [2.24, 2.45) is 0 Å². The topological polar surface area (TPSA) is 105 Å². The SMILES string of the molecule is O=C(COC(=O)c1ccccc1NC(=O)c1ccc(Cl)cc1)Nc1ccccc1N1CCCC1=O. The third-order valence-corrected chi connectivity index (χ3v) is 5.63. The van der Waals surface area contributed by atoms with Gasteiger partial charge in [0.2, 0.25) is 5.91 Å². The van der Waals surface area contributed by atoms with Gasteiger partial charge in [-0.15, -0.1) is 0 Å². The number of rotatable bonds is 7. The fraction of sp³-hybridized carbons (Fsp3) is 0.154. The van der Waals surface area contributed by atoms with E-state index < -0.39 is 24.4 Å². The zero-order valence-electron chi connectivity index (χ0n) is 18.6. The van der Waals surface area contributed by atoms with E-state index in [2.05, 4.69) is 10.6 Å². The average molecular weight is 492 g/mol. The van der Waals surface area contributed by atoms with Crippen LogP contribution in [0.4, 0.5) is 17.1 Å². The average Bonchev–Trinajstić information content (AvgIpc) is 3.29. The van der Waals surface area contributed by atoms with Gasteiger partial charge in [0, 0.05) is 23.6 Å². The van der Waals surface area contributed by atoms with E-state index in [1.165, 1.54) is 6.07 Å². The van der Waals surface area contributed by atoms with Crippen molar-refractivity contribution in [1.82, 2.24) is 0 Å². The highest BCUT2D eigenvalue weighted by Gasteiger charge is 2.24. The van der Waals surface area contributed by atoms with Crippen molar-refractivity contribution in [3.8, 4) is 0 Å². The van der Waals surface area contributed by atoms with Crippen LogP contribution in [0.25, 0.3) is 0 Å². The van der Waals surface area contributed by atoms with E-state index in [1.807, 2.05) is 0 Å². The van der Waals surface area contributed by atoms with Crippen LogP contribution >= 0.6 is 11.6 Å². The number of halogens is 1. The molecule has 1 aliphatic heterocycles. The Hall–Kier alpha value is -4.17. The van der Waals surface area contributed by atoms with Crippen molar-refractivity contribution >= 4 is 52.4 Å². The van der Waals surface area contributed by atoms with Gasteiger partial charge < -0.3 is 20.3 Å². The van der Waals surface area contributed by atoms with Crippen LogP contribution in [0.2, 0.25) is 5.02 Å². The number of hydrogen-bond donors (Lipinski definition) is 2. The van der Waals surface area contributed by atoms with E-state index in [9.17, 15) is 19.2 Å². The second-order valence-corrected chi connectivity index (χ2v) is 8.23. The second-order valence-electron chi connectivity index (χ2n) is 7.80. The minimum absolute atomic E-state index is 0.00428. The Morgan fingerprint density at radius 1 is 0.886 bits per heavy atom. The predicted molar refractivity (Wildman–Crippen MR) is 133 cm³/mol. The Bertz CT molecular complexity index is 1280. The number of nitrogens with one attached hydrogen (secondary N) is 2. The summed E-state index contributed by atoms with van der Waals surface area (Å²) in [4.78, 5) is 51.4. The van der Waals surface area contributed by atoms with Gasteiger partial charge in [-0.3, -0.25) is 14.4 Å². The summed E-state index contributed by atoms with van der Waals surface area (Å²) in [6.07, 6.45) is 1.22. The number of hydrogen-bond acceptors (Lipinski definition) is 5. The quantitative estimate of drug-likeness (QED) is 0.473. The third-order valence-electron chi connectivity index (χ3n) is 5.38. The molecule has 1 saturated heterocycles. The first-order chi connectivity index (χ1) is 16.9. The summed E-state index contributed by atoms with van der Waals surface area (Å²) < 4.78 is 5.19. The number of anilines is 3. The molecule has 1 fully saturated rings. The van der Waals surface area contributed by atoms with Crippen molar-refractivity contribution in [3.63, 3.8) is 0 Å². The smallest absolute Gasteiger partial charge is 0.340 e. The molecule has 1 heterocycles. The second kappa shape index (κ2) is 10.8. The summed E-state index contributed by atoms with van der Waals surface area (Å²) in [5.74, 6) is -1.75. The Balaban J connectivity index is 1.39. The van der Waals surface area contributed by atoms with Crippen molar-refractivity contribution in [2.75, 3.05) is 28.7 Å². The number of carbonyl (C=O) groups is 4. The van der Waals surface area contributed by atoms with Gasteiger partial charge in [-0.05, 0) is 55.0 Å². The summed E-state index contributed by atoms with van der Waals surface area (Å²) in [5, 5.41) is 5.87. The van der Waals surface area contributed by atoms with Crippen LogP contribution in [0.1, 0.15) is 33.6 Å². The highest BCUT2D eigenvalue weighted by Crippen LogP contribution is 2.29. The summed E-state index contributed by atoms with van der Waals surface area (Å²) in [5.41, 5.74) is 1.78. The van der Waals surface area contributed by atoms with Crippen LogP contribution in [-0.4, -0.2) is 36.8 Å². The maximum absolute atomic E-state index is 12.7. The van der Waals surface area contributed by atoms with Crippen LogP contribution in [0.15, 0.2) is 72.8 Å². The molecule has 1 aliphatic rings. The molecule has 0 saturated carbocycles. The van der Waals surface area contributed by atoms with E-state index in [1.54, 1.807) is 71.6 Å². The first-order valence-electron chi connectivity index (χ1n) is 10.9. The summed E-state index contributed by atoms with van der Waals surface area (Å²) in [6.45, 7) is 0.0415. The van der Waals surface area contributed by atoms with Crippen LogP contribution in [-0.2, 0) is 14.3 Å². The predicted octanol–water partition coefficient (Wildman–Crippen LogP) is 4.51. The molecule has 3 aromatic carbocycles. The molecule has 178 valence electrons. The van der Waals surface area contributed by atoms with Crippen molar-refractivity contribution < 1.29 is 23.9 Å². The Kier molecular flexibility index (Phi) is 7.42. The lowest BCUT2D eigenvalue weighted by molar-refractivity contribution is -0.119. The normalized spacial score (nSPS) is 12.8. The maximum Gasteiger partial charge on any atom is 0.340 e. The number of amides is 3. The van der Waals surface area contributed by atoms with Gasteiger partial charge in [-0.25, -0.2) is 4.79 Å². The van der Waals surface area contributed by atoms with Gasteiger partial charge in [0.15, 0.2) is 6.61 Å². The molecule has 0 atom stereocenters. The molecule has 8 nitrogen and oxygen atoms in total. The van der Waals surface area contributed by atoms with Gasteiger partial charge in [0.25, 0.3) is 11.8 Å². The highest BCUT2D eigenvalue weighted by atomic mass is 35.5. The summed E-state index contributed by atoms with van der Waals surface area (Å²) in [6, 6.07) is 19.6. The van der Waals surface area contributed by atoms with Gasteiger partial charge in [-0.1, -0.05) is 35.9 Å². The largest absolute Gasteiger partial charge is 0.452 e. The zero-order valence-corrected chi connectivity index (χ0v) is 19.4. The molecule has 0 bridgehead atoms. The van der Waals surface area contributed by atoms with Crippen LogP contribution in [0.5, 0.6) is 0 Å². The zero-order chi connectivity index (χ0) is 24.8. The molecule has 0 radical (unpaired) electrons. The lowest BCUT2D eigenvalue weighted by Crippen LogP contribution is -2.27. The van der Waals surface area contributed by atoms with E-state index in [4.69, 9.17) is 16.3 Å². The van der Waals surface area contributed by atoms with Gasteiger partial charge >= 0.3 is 5.97 Å². The third kappa shape index (κ3) is 5.85. The number of ether oxygens (including phenoxy) is 1. The van der Waals surface area contributed by atoms with Gasteiger partial charge in [0.05, 0.1) is 22.6 Å². The van der Waals surface area contributed by atoms with Gasteiger partial charge in [-0.2, -0.15) is 0 Å². The minimum atomic E-state index is -0.768. The van der Waals surface area contributed by atoms with E-state index in [0.29, 0.717) is 34.9 Å². The summed E-state index contributed by atoms with van der Waals surface area (Å²) >= 11 is 5.86. The highest BCUT2D eigenvalue weighted by molar-refractivity contribution is 6.30. The molecule has 9 heteroatoms. The number of esters is 1. The van der Waals surface area contributed by atoms with E-state index in [0.717, 1.165) is 6.42 Å². The number of para-hydroxylation sites is 3. The number of nitrogens with zero attached hydrogens (tertiary/aromatic N) is 1. The molecule has 0 aliphatic carbocycles. The number of benzene rings is 3. The monoisotopic (exact) mass is 491 g/mol. The molecule has 3 aromatic rings. The van der Waals surface area contributed by atoms with Crippen LogP contribution in [0.3, 0.4) is 0 Å². The first kappa shape index (κ1) is 24.0. The van der Waals surface area contributed by atoms with Crippen molar-refractivity contribution in [2.45, 2.75) is 12.8 Å². The first-order valence-corrected chi connectivity index (χ1v) is 11.3. The minimum Gasteiger partial charge on any atom is -0.452 e. The molecule has 4 rings (SSSR count). The van der Waals surface area contributed by atoms with Crippen molar-refractivity contribution in [3.05, 3.63) is 88.9 Å². The lowest BCUT2D eigenvalue weighted by atomic mass is 10.1. The number of carbonyl (C=O) groups excluding carboxylic acids is 4. The Labute approximate surface area is 206 Å². The van der Waals surface area contributed by atoms with Crippen molar-refractivity contribution in [1.29, 1.82) is 0 Å². The molecular formula is C26H22ClN3O5. The fourth-order valence-corrected chi connectivity index (χ4v) is 3.80. The van der Waals surface area contributed by atoms with Crippen LogP contribution < -0.4 is 15.5 Å². The molecule has 3 amide bonds. The molecular weight excluding hydrogens is 470 g/mol. The standard InChI is InChI=1S/C26H22ClN3O5/c27-18-13-11-17(12-14-18)25(33)29-20-7-2-1-6-19(20)26(34)35-16-23(31)28-21-8-3-4-9-22(21)30-15-5-10-24(30)32/h1-4,6-9,11-14H,5,10,15-16H2,(H,28,31)(H,29,33). The fourth-order valence-electron chi connectivity index (χ4n) is 3.68. The van der Waals surface area contributed by atoms with E-state index >= 15 is 0 Å². The van der Waals surface area contributed by atoms with Gasteiger partial charge in [0.1, 0.15) is 0 Å². The summed E-state index contributed by atoms with van der Waals surface area (Å²) in [7, 11) is 0. The molecule has 0 spiro atoms. The molecule has 0 aromatic heterocycles. The Morgan fingerprint density at radius 3 is 2.29 bits per heavy atom. The molecule has 0 unspecified atom stereocenters. The Morgan fingerprint density at radius 2 is 1.57 bits per heavy atom. The van der Waals surface area contributed by atoms with E-state index in [-0.39, 0.29) is 17.2 Å². The molecule has 2 N–H and O–H groups in total. The maximum atomic E-state index is 12.7. The lowest BCUT2D eigenvalue weighted by Gasteiger charge is -2.20. The molecule has 35 heavy (non-hydrogen) atoms.